The Balaban J connectivity index is 2.79. The SMILES string of the molecule is COCC(NS(=O)(=O)c1cnn(CCCN)c1)C(C)C. The maximum atomic E-state index is 12.3. The van der Waals surface area contributed by atoms with E-state index in [1.807, 2.05) is 13.8 Å². The Labute approximate surface area is 120 Å². The number of rotatable bonds is 9. The van der Waals surface area contributed by atoms with E-state index in [0.29, 0.717) is 19.7 Å². The fourth-order valence-corrected chi connectivity index (χ4v) is 2.99. The Morgan fingerprint density at radius 1 is 1.50 bits per heavy atom. The van der Waals surface area contributed by atoms with Crippen LogP contribution in [0.15, 0.2) is 17.3 Å². The first-order chi connectivity index (χ1) is 9.40. The lowest BCUT2D eigenvalue weighted by Gasteiger charge is -2.20. The molecule has 116 valence electrons. The second-order valence-electron chi connectivity index (χ2n) is 5.01. The Bertz CT molecular complexity index is 499. The lowest BCUT2D eigenvalue weighted by atomic mass is 10.1. The highest BCUT2D eigenvalue weighted by atomic mass is 32.2. The van der Waals surface area contributed by atoms with Gasteiger partial charge in [0.1, 0.15) is 4.90 Å². The molecule has 7 nitrogen and oxygen atoms in total. The van der Waals surface area contributed by atoms with Crippen molar-refractivity contribution in [2.24, 2.45) is 11.7 Å². The van der Waals surface area contributed by atoms with Gasteiger partial charge in [-0.2, -0.15) is 5.10 Å². The van der Waals surface area contributed by atoms with Gasteiger partial charge in [-0.05, 0) is 18.9 Å². The fourth-order valence-electron chi connectivity index (χ4n) is 1.67. The molecule has 0 amide bonds. The van der Waals surface area contributed by atoms with E-state index in [-0.39, 0.29) is 16.9 Å². The molecule has 0 saturated heterocycles. The largest absolute Gasteiger partial charge is 0.383 e. The third-order valence-electron chi connectivity index (χ3n) is 2.97. The van der Waals surface area contributed by atoms with Gasteiger partial charge in [0.15, 0.2) is 0 Å². The van der Waals surface area contributed by atoms with E-state index in [2.05, 4.69) is 9.82 Å². The first-order valence-electron chi connectivity index (χ1n) is 6.64. The lowest BCUT2D eigenvalue weighted by Crippen LogP contribution is -2.41. The van der Waals surface area contributed by atoms with Crippen LogP contribution in [-0.2, 0) is 21.3 Å². The molecule has 0 radical (unpaired) electrons. The summed E-state index contributed by atoms with van der Waals surface area (Å²) in [6.07, 6.45) is 3.62. The van der Waals surface area contributed by atoms with Crippen molar-refractivity contribution >= 4 is 10.0 Å². The molecule has 0 aromatic carbocycles. The van der Waals surface area contributed by atoms with Gasteiger partial charge in [-0.25, -0.2) is 13.1 Å². The quantitative estimate of drug-likeness (QED) is 0.678. The van der Waals surface area contributed by atoms with Crippen LogP contribution in [0.25, 0.3) is 0 Å². The number of hydrogen-bond donors (Lipinski definition) is 2. The number of hydrogen-bond acceptors (Lipinski definition) is 5. The number of nitrogens with one attached hydrogen (secondary N) is 1. The van der Waals surface area contributed by atoms with E-state index in [4.69, 9.17) is 10.5 Å². The summed E-state index contributed by atoms with van der Waals surface area (Å²) in [5.74, 6) is 0.136. The van der Waals surface area contributed by atoms with Crippen LogP contribution in [0.4, 0.5) is 0 Å². The number of methoxy groups -OCH3 is 1. The molecule has 1 atom stereocenters. The lowest BCUT2D eigenvalue weighted by molar-refractivity contribution is 0.157. The number of aromatic nitrogens is 2. The van der Waals surface area contributed by atoms with Crippen LogP contribution < -0.4 is 10.5 Å². The van der Waals surface area contributed by atoms with Gasteiger partial charge in [0.25, 0.3) is 0 Å². The molecule has 0 aliphatic heterocycles. The van der Waals surface area contributed by atoms with Crippen molar-refractivity contribution in [3.63, 3.8) is 0 Å². The van der Waals surface area contributed by atoms with Crippen LogP contribution >= 0.6 is 0 Å². The van der Waals surface area contributed by atoms with Crippen LogP contribution in [-0.4, -0.2) is 44.5 Å². The smallest absolute Gasteiger partial charge is 0.244 e. The summed E-state index contributed by atoms with van der Waals surface area (Å²) in [6, 6.07) is -0.266. The Morgan fingerprint density at radius 2 is 2.20 bits per heavy atom. The molecule has 0 saturated carbocycles. The van der Waals surface area contributed by atoms with Gasteiger partial charge in [0.2, 0.25) is 10.0 Å². The summed E-state index contributed by atoms with van der Waals surface area (Å²) in [5.41, 5.74) is 5.42. The van der Waals surface area contributed by atoms with Gasteiger partial charge in [-0.1, -0.05) is 13.8 Å². The van der Waals surface area contributed by atoms with Gasteiger partial charge in [-0.3, -0.25) is 4.68 Å². The predicted octanol–water partition coefficient (Wildman–Crippen LogP) is 0.181. The highest BCUT2D eigenvalue weighted by Gasteiger charge is 2.23. The van der Waals surface area contributed by atoms with Crippen molar-refractivity contribution < 1.29 is 13.2 Å². The van der Waals surface area contributed by atoms with Gasteiger partial charge in [-0.15, -0.1) is 0 Å². The van der Waals surface area contributed by atoms with E-state index in [1.54, 1.807) is 11.8 Å². The van der Waals surface area contributed by atoms with Gasteiger partial charge in [0.05, 0.1) is 12.8 Å². The standard InChI is InChI=1S/C12H24N4O3S/c1-10(2)12(9-19-3)15-20(17,18)11-7-14-16(8-11)6-4-5-13/h7-8,10,12,15H,4-6,9,13H2,1-3H3. The molecule has 0 aliphatic rings. The molecular formula is C12H24N4O3S. The predicted molar refractivity (Wildman–Crippen MR) is 76.7 cm³/mol. The van der Waals surface area contributed by atoms with E-state index < -0.39 is 10.0 Å². The van der Waals surface area contributed by atoms with Crippen LogP contribution in [0.1, 0.15) is 20.3 Å². The molecule has 1 heterocycles. The van der Waals surface area contributed by atoms with Gasteiger partial charge < -0.3 is 10.5 Å². The molecule has 3 N–H and O–H groups in total. The third-order valence-corrected chi connectivity index (χ3v) is 4.41. The third kappa shape index (κ3) is 4.86. The maximum absolute atomic E-state index is 12.3. The van der Waals surface area contributed by atoms with E-state index in [1.165, 1.54) is 12.4 Å². The first kappa shape index (κ1) is 17.1. The molecule has 0 spiro atoms. The molecule has 0 aliphatic carbocycles. The zero-order valence-corrected chi connectivity index (χ0v) is 13.1. The molecule has 8 heteroatoms. The van der Waals surface area contributed by atoms with Gasteiger partial charge in [0, 0.05) is 25.9 Å². The minimum atomic E-state index is -3.58. The molecule has 0 bridgehead atoms. The monoisotopic (exact) mass is 304 g/mol. The second kappa shape index (κ2) is 7.72. The summed E-state index contributed by atoms with van der Waals surface area (Å²) < 4.78 is 33.8. The summed E-state index contributed by atoms with van der Waals surface area (Å²) in [4.78, 5) is 0.163. The van der Waals surface area contributed by atoms with E-state index in [9.17, 15) is 8.42 Å². The molecule has 20 heavy (non-hydrogen) atoms. The highest BCUT2D eigenvalue weighted by Crippen LogP contribution is 2.11. The number of ether oxygens (including phenoxy) is 1. The van der Waals surface area contributed by atoms with E-state index >= 15 is 0 Å². The molecule has 1 aromatic rings. The topological polar surface area (TPSA) is 99.2 Å². The molecule has 1 aromatic heterocycles. The highest BCUT2D eigenvalue weighted by molar-refractivity contribution is 7.89. The maximum Gasteiger partial charge on any atom is 0.244 e. The average Bonchev–Trinajstić information content (AvgIpc) is 2.85. The zero-order chi connectivity index (χ0) is 15.2. The molecule has 0 fully saturated rings. The minimum absolute atomic E-state index is 0.136. The normalized spacial score (nSPS) is 13.8. The van der Waals surface area contributed by atoms with Crippen molar-refractivity contribution in [2.75, 3.05) is 20.3 Å². The first-order valence-corrected chi connectivity index (χ1v) is 8.12. The molecule has 1 rings (SSSR count). The van der Waals surface area contributed by atoms with Crippen molar-refractivity contribution in [3.8, 4) is 0 Å². The Hall–Kier alpha value is -0.960. The van der Waals surface area contributed by atoms with Gasteiger partial charge >= 0.3 is 0 Å². The molecular weight excluding hydrogens is 280 g/mol. The van der Waals surface area contributed by atoms with E-state index in [0.717, 1.165) is 6.42 Å². The number of nitrogens with zero attached hydrogens (tertiary/aromatic N) is 2. The Morgan fingerprint density at radius 3 is 2.75 bits per heavy atom. The average molecular weight is 304 g/mol. The molecule has 1 unspecified atom stereocenters. The van der Waals surface area contributed by atoms with Crippen LogP contribution in [0.3, 0.4) is 0 Å². The minimum Gasteiger partial charge on any atom is -0.383 e. The number of aryl methyl sites for hydroxylation is 1. The van der Waals surface area contributed by atoms with Crippen molar-refractivity contribution in [1.82, 2.24) is 14.5 Å². The fraction of sp³-hybridized carbons (Fsp3) is 0.750. The summed E-state index contributed by atoms with van der Waals surface area (Å²) in [6.45, 7) is 5.37. The number of nitrogens with two attached hydrogens (primary N) is 1. The van der Waals surface area contributed by atoms with Crippen molar-refractivity contribution in [1.29, 1.82) is 0 Å². The van der Waals surface area contributed by atoms with Crippen LogP contribution in [0, 0.1) is 5.92 Å². The Kier molecular flexibility index (Phi) is 6.60. The van der Waals surface area contributed by atoms with Crippen LogP contribution in [0.5, 0.6) is 0 Å². The summed E-state index contributed by atoms with van der Waals surface area (Å²) in [5, 5.41) is 4.03. The van der Waals surface area contributed by atoms with Crippen molar-refractivity contribution in [2.45, 2.75) is 37.8 Å². The second-order valence-corrected chi connectivity index (χ2v) is 6.72. The van der Waals surface area contributed by atoms with Crippen LogP contribution in [0.2, 0.25) is 0 Å². The zero-order valence-electron chi connectivity index (χ0n) is 12.2. The number of sulfonamides is 1. The van der Waals surface area contributed by atoms with Crippen molar-refractivity contribution in [3.05, 3.63) is 12.4 Å². The summed E-state index contributed by atoms with van der Waals surface area (Å²) in [7, 11) is -2.03. The summed E-state index contributed by atoms with van der Waals surface area (Å²) >= 11 is 0.